The minimum atomic E-state index is 0.774. The first kappa shape index (κ1) is 13.1. The van der Waals surface area contributed by atoms with Crippen molar-refractivity contribution in [2.75, 3.05) is 7.11 Å². The molecular weight excluding hydrogens is 318 g/mol. The Balaban J connectivity index is 2.17. The first-order valence-electron chi connectivity index (χ1n) is 6.40. The average molecular weight is 332 g/mol. The average Bonchev–Trinajstić information content (AvgIpc) is 2.85. The molecule has 5 heteroatoms. The Labute approximate surface area is 125 Å². The lowest BCUT2D eigenvalue weighted by atomic mass is 10.0. The Morgan fingerprint density at radius 2 is 2.10 bits per heavy atom. The SMILES string of the molecule is CCc1ccc(OC)c(-c2ccc3nc(Br)cn3n2)c1. The standard InChI is InChI=1S/C15H14BrN3O/c1-3-10-4-6-13(20-2)11(8-10)12-5-7-15-17-14(16)9-19(15)18-12/h4-9H,3H2,1-2H3. The summed E-state index contributed by atoms with van der Waals surface area (Å²) >= 11 is 3.36. The van der Waals surface area contributed by atoms with Crippen molar-refractivity contribution >= 4 is 21.6 Å². The van der Waals surface area contributed by atoms with Gasteiger partial charge < -0.3 is 4.74 Å². The molecule has 0 aliphatic rings. The number of hydrogen-bond donors (Lipinski definition) is 0. The maximum Gasteiger partial charge on any atom is 0.154 e. The molecular formula is C15H14BrN3O. The Kier molecular flexibility index (Phi) is 3.44. The smallest absolute Gasteiger partial charge is 0.154 e. The lowest BCUT2D eigenvalue weighted by Crippen LogP contribution is -1.96. The summed E-state index contributed by atoms with van der Waals surface area (Å²) in [5.74, 6) is 0.827. The topological polar surface area (TPSA) is 39.4 Å². The van der Waals surface area contributed by atoms with Crippen LogP contribution in [0.25, 0.3) is 16.9 Å². The zero-order valence-corrected chi connectivity index (χ0v) is 12.9. The van der Waals surface area contributed by atoms with E-state index in [-0.39, 0.29) is 0 Å². The molecule has 2 heterocycles. The normalized spacial score (nSPS) is 10.9. The van der Waals surface area contributed by atoms with Crippen LogP contribution in [-0.4, -0.2) is 21.7 Å². The van der Waals surface area contributed by atoms with E-state index >= 15 is 0 Å². The van der Waals surface area contributed by atoms with Crippen LogP contribution in [0.15, 0.2) is 41.1 Å². The molecule has 0 saturated carbocycles. The Morgan fingerprint density at radius 1 is 1.25 bits per heavy atom. The van der Waals surface area contributed by atoms with Gasteiger partial charge in [0.15, 0.2) is 5.65 Å². The molecule has 0 radical (unpaired) electrons. The summed E-state index contributed by atoms with van der Waals surface area (Å²) in [6.45, 7) is 2.13. The summed E-state index contributed by atoms with van der Waals surface area (Å²) in [6.07, 6.45) is 2.82. The third-order valence-electron chi connectivity index (χ3n) is 3.24. The van der Waals surface area contributed by atoms with Crippen molar-refractivity contribution in [3.05, 3.63) is 46.7 Å². The highest BCUT2D eigenvalue weighted by Gasteiger charge is 2.10. The molecule has 0 aliphatic carbocycles. The molecule has 0 aliphatic heterocycles. The van der Waals surface area contributed by atoms with E-state index in [0.29, 0.717) is 0 Å². The summed E-state index contributed by atoms with van der Waals surface area (Å²) in [6, 6.07) is 10.1. The van der Waals surface area contributed by atoms with Crippen molar-refractivity contribution < 1.29 is 4.74 Å². The zero-order chi connectivity index (χ0) is 14.1. The van der Waals surface area contributed by atoms with E-state index in [4.69, 9.17) is 4.74 Å². The monoisotopic (exact) mass is 331 g/mol. The van der Waals surface area contributed by atoms with Crippen LogP contribution in [0.3, 0.4) is 0 Å². The molecule has 0 unspecified atom stereocenters. The molecule has 0 amide bonds. The maximum atomic E-state index is 5.44. The van der Waals surface area contributed by atoms with Gasteiger partial charge in [-0.3, -0.25) is 0 Å². The highest BCUT2D eigenvalue weighted by Crippen LogP contribution is 2.30. The number of methoxy groups -OCH3 is 1. The minimum Gasteiger partial charge on any atom is -0.496 e. The fraction of sp³-hybridized carbons (Fsp3) is 0.200. The highest BCUT2D eigenvalue weighted by atomic mass is 79.9. The van der Waals surface area contributed by atoms with Gasteiger partial charge in [-0.2, -0.15) is 5.10 Å². The number of halogens is 1. The summed E-state index contributed by atoms with van der Waals surface area (Å²) in [7, 11) is 1.68. The fourth-order valence-electron chi connectivity index (χ4n) is 2.17. The molecule has 0 fully saturated rings. The summed E-state index contributed by atoms with van der Waals surface area (Å²) in [5, 5.41) is 4.59. The van der Waals surface area contributed by atoms with Gasteiger partial charge in [0.1, 0.15) is 10.4 Å². The maximum absolute atomic E-state index is 5.44. The minimum absolute atomic E-state index is 0.774. The fourth-order valence-corrected chi connectivity index (χ4v) is 2.55. The van der Waals surface area contributed by atoms with Crippen LogP contribution in [0.4, 0.5) is 0 Å². The predicted molar refractivity (Wildman–Crippen MR) is 82.1 cm³/mol. The second-order valence-electron chi connectivity index (χ2n) is 4.47. The number of nitrogens with zero attached hydrogens (tertiary/aromatic N) is 3. The van der Waals surface area contributed by atoms with Crippen molar-refractivity contribution in [2.45, 2.75) is 13.3 Å². The van der Waals surface area contributed by atoms with Crippen molar-refractivity contribution in [1.29, 1.82) is 0 Å². The van der Waals surface area contributed by atoms with Gasteiger partial charge in [-0.15, -0.1) is 0 Å². The molecule has 2 aromatic heterocycles. The molecule has 3 rings (SSSR count). The molecule has 0 bridgehead atoms. The molecule has 3 aromatic rings. The van der Waals surface area contributed by atoms with Gasteiger partial charge in [-0.1, -0.05) is 13.0 Å². The van der Waals surface area contributed by atoms with Gasteiger partial charge in [-0.05, 0) is 52.2 Å². The van der Waals surface area contributed by atoms with E-state index in [2.05, 4.69) is 45.1 Å². The third-order valence-corrected chi connectivity index (χ3v) is 3.62. The van der Waals surface area contributed by atoms with Crippen molar-refractivity contribution in [3.63, 3.8) is 0 Å². The van der Waals surface area contributed by atoms with Crippen molar-refractivity contribution in [1.82, 2.24) is 14.6 Å². The molecule has 0 N–H and O–H groups in total. The molecule has 1 aromatic carbocycles. The lowest BCUT2D eigenvalue weighted by molar-refractivity contribution is 0.416. The molecule has 102 valence electrons. The van der Waals surface area contributed by atoms with E-state index < -0.39 is 0 Å². The number of ether oxygens (including phenoxy) is 1. The summed E-state index contributed by atoms with van der Waals surface area (Å²) in [5.41, 5.74) is 3.94. The first-order chi connectivity index (χ1) is 9.71. The van der Waals surface area contributed by atoms with E-state index in [1.165, 1.54) is 5.56 Å². The molecule has 20 heavy (non-hydrogen) atoms. The van der Waals surface area contributed by atoms with E-state index in [9.17, 15) is 0 Å². The first-order valence-corrected chi connectivity index (χ1v) is 7.20. The Bertz CT molecular complexity index is 767. The molecule has 0 atom stereocenters. The van der Waals surface area contributed by atoms with Crippen molar-refractivity contribution in [2.24, 2.45) is 0 Å². The number of benzene rings is 1. The summed E-state index contributed by atoms with van der Waals surface area (Å²) in [4.78, 5) is 4.31. The Hall–Kier alpha value is -1.88. The summed E-state index contributed by atoms with van der Waals surface area (Å²) < 4.78 is 7.98. The number of aryl methyl sites for hydroxylation is 1. The number of aromatic nitrogens is 3. The number of imidazole rings is 1. The highest BCUT2D eigenvalue weighted by molar-refractivity contribution is 9.10. The van der Waals surface area contributed by atoms with Crippen molar-refractivity contribution in [3.8, 4) is 17.0 Å². The van der Waals surface area contributed by atoms with Crippen LogP contribution >= 0.6 is 15.9 Å². The second-order valence-corrected chi connectivity index (χ2v) is 5.29. The van der Waals surface area contributed by atoms with Crippen LogP contribution in [0, 0.1) is 0 Å². The molecule has 4 nitrogen and oxygen atoms in total. The Morgan fingerprint density at radius 3 is 2.85 bits per heavy atom. The van der Waals surface area contributed by atoms with Crippen LogP contribution in [0.1, 0.15) is 12.5 Å². The third kappa shape index (κ3) is 2.29. The van der Waals surface area contributed by atoms with E-state index in [1.54, 1.807) is 11.6 Å². The van der Waals surface area contributed by atoms with Gasteiger partial charge in [0, 0.05) is 5.56 Å². The largest absolute Gasteiger partial charge is 0.496 e. The second kappa shape index (κ2) is 5.25. The van der Waals surface area contributed by atoms with Gasteiger partial charge >= 0.3 is 0 Å². The van der Waals surface area contributed by atoms with Crippen LogP contribution < -0.4 is 4.74 Å². The zero-order valence-electron chi connectivity index (χ0n) is 11.3. The van der Waals surface area contributed by atoms with Crippen LogP contribution in [-0.2, 0) is 6.42 Å². The lowest BCUT2D eigenvalue weighted by Gasteiger charge is -2.10. The van der Waals surface area contributed by atoms with Gasteiger partial charge in [0.25, 0.3) is 0 Å². The van der Waals surface area contributed by atoms with E-state index in [1.807, 2.05) is 24.4 Å². The molecule has 0 saturated heterocycles. The van der Waals surface area contributed by atoms with Crippen LogP contribution in [0.5, 0.6) is 5.75 Å². The molecule has 0 spiro atoms. The van der Waals surface area contributed by atoms with E-state index in [0.717, 1.165) is 33.7 Å². The number of hydrogen-bond acceptors (Lipinski definition) is 3. The van der Waals surface area contributed by atoms with Gasteiger partial charge in [0.05, 0.1) is 19.0 Å². The van der Waals surface area contributed by atoms with Gasteiger partial charge in [-0.25, -0.2) is 9.50 Å². The van der Waals surface area contributed by atoms with Gasteiger partial charge in [0.2, 0.25) is 0 Å². The number of rotatable bonds is 3. The number of fused-ring (bicyclic) bond motifs is 1. The quantitative estimate of drug-likeness (QED) is 0.734. The predicted octanol–water partition coefficient (Wildman–Crippen LogP) is 3.73. The van der Waals surface area contributed by atoms with Crippen LogP contribution in [0.2, 0.25) is 0 Å².